The Morgan fingerprint density at radius 2 is 1.90 bits per heavy atom. The number of halogens is 3. The number of benzene rings is 1. The van der Waals surface area contributed by atoms with Crippen LogP contribution < -0.4 is 21.2 Å². The average molecular weight is 446 g/mol. The molecular weight excluding hydrogens is 421 g/mol. The number of rotatable bonds is 6. The molecule has 0 bridgehead atoms. The number of ether oxygens (including phenoxy) is 2. The van der Waals surface area contributed by atoms with E-state index in [0.29, 0.717) is 19.5 Å². The molecule has 0 radical (unpaired) electrons. The lowest BCUT2D eigenvalue weighted by Crippen LogP contribution is -2.35. The Bertz CT molecular complexity index is 839. The van der Waals surface area contributed by atoms with Crippen molar-refractivity contribution in [2.24, 2.45) is 11.8 Å². The molecule has 1 aliphatic rings. The van der Waals surface area contributed by atoms with E-state index in [2.05, 4.69) is 15.4 Å². The number of carbonyl (C=O) groups is 3. The number of Topliss-reactive ketones (excluding diaryl/α,β-unsaturated/α-hetero) is 1. The van der Waals surface area contributed by atoms with Crippen molar-refractivity contribution in [3.05, 3.63) is 23.8 Å². The molecule has 0 aromatic heterocycles. The van der Waals surface area contributed by atoms with Crippen molar-refractivity contribution >= 4 is 23.5 Å². The standard InChI is InChI=1S/C19H25F3N4O5/c1-18(2,3)31-17(29)25-14-5-4-12(30-19(20,21)22)8-13(14)16(28)24-9-15(27)11-6-7-26(23)10-11/h4-5,8,11H,6-7,9-10,23H2,1-3H3,(H,24,28)(H,25,29). The summed E-state index contributed by atoms with van der Waals surface area (Å²) in [5.41, 5.74) is -1.27. The number of nitrogens with two attached hydrogens (primary N) is 1. The van der Waals surface area contributed by atoms with Gasteiger partial charge in [-0.2, -0.15) is 0 Å². The second-order valence-electron chi connectivity index (χ2n) is 8.01. The Morgan fingerprint density at radius 1 is 1.23 bits per heavy atom. The van der Waals surface area contributed by atoms with E-state index in [-0.39, 0.29) is 29.5 Å². The van der Waals surface area contributed by atoms with Crippen LogP contribution in [0.3, 0.4) is 0 Å². The van der Waals surface area contributed by atoms with Crippen molar-refractivity contribution < 1.29 is 37.0 Å². The number of hydrazine groups is 1. The lowest BCUT2D eigenvalue weighted by atomic mass is 10.0. The fraction of sp³-hybridized carbons (Fsp3) is 0.526. The van der Waals surface area contributed by atoms with E-state index in [4.69, 9.17) is 10.6 Å². The summed E-state index contributed by atoms with van der Waals surface area (Å²) >= 11 is 0. The fourth-order valence-electron chi connectivity index (χ4n) is 2.89. The first-order chi connectivity index (χ1) is 14.2. The monoisotopic (exact) mass is 446 g/mol. The molecule has 0 aliphatic carbocycles. The first-order valence-corrected chi connectivity index (χ1v) is 9.44. The number of carbonyl (C=O) groups excluding carboxylic acids is 3. The molecular formula is C19H25F3N4O5. The SMILES string of the molecule is CC(C)(C)OC(=O)Nc1ccc(OC(F)(F)F)cc1C(=O)NCC(=O)C1CCN(N)C1. The van der Waals surface area contributed by atoms with E-state index < -0.39 is 29.7 Å². The van der Waals surface area contributed by atoms with Crippen molar-refractivity contribution in [2.45, 2.75) is 39.2 Å². The van der Waals surface area contributed by atoms with Crippen molar-refractivity contribution in [1.82, 2.24) is 10.3 Å². The molecule has 1 aromatic carbocycles. The largest absolute Gasteiger partial charge is 0.573 e. The topological polar surface area (TPSA) is 123 Å². The first kappa shape index (κ1) is 24.4. The Kier molecular flexibility index (Phi) is 7.49. The highest BCUT2D eigenvalue weighted by Gasteiger charge is 2.32. The molecule has 2 rings (SSSR count). The maximum absolute atomic E-state index is 12.6. The van der Waals surface area contributed by atoms with Crippen molar-refractivity contribution in [2.75, 3.05) is 25.0 Å². The van der Waals surface area contributed by atoms with Crippen LogP contribution in [0.25, 0.3) is 0 Å². The third-order valence-electron chi connectivity index (χ3n) is 4.20. The summed E-state index contributed by atoms with van der Waals surface area (Å²) in [6, 6.07) is 2.83. The van der Waals surface area contributed by atoms with E-state index in [1.165, 1.54) is 5.01 Å². The maximum Gasteiger partial charge on any atom is 0.573 e. The van der Waals surface area contributed by atoms with Gasteiger partial charge in [0, 0.05) is 19.0 Å². The normalized spacial score (nSPS) is 17.2. The Morgan fingerprint density at radius 3 is 2.45 bits per heavy atom. The van der Waals surface area contributed by atoms with Crippen LogP contribution in [0, 0.1) is 5.92 Å². The summed E-state index contributed by atoms with van der Waals surface area (Å²) in [5.74, 6) is 3.50. The van der Waals surface area contributed by atoms with E-state index in [1.807, 2.05) is 0 Å². The van der Waals surface area contributed by atoms with Gasteiger partial charge in [0.1, 0.15) is 11.4 Å². The molecule has 9 nitrogen and oxygen atoms in total. The molecule has 1 fully saturated rings. The Hall–Kier alpha value is -2.86. The number of hydrogen-bond acceptors (Lipinski definition) is 7. The summed E-state index contributed by atoms with van der Waals surface area (Å²) < 4.78 is 46.6. The third-order valence-corrected chi connectivity index (χ3v) is 4.20. The molecule has 12 heteroatoms. The summed E-state index contributed by atoms with van der Waals surface area (Å²) in [5, 5.41) is 6.18. The van der Waals surface area contributed by atoms with E-state index >= 15 is 0 Å². The quantitative estimate of drug-likeness (QED) is 0.574. The Balaban J connectivity index is 2.17. The second kappa shape index (κ2) is 9.52. The van der Waals surface area contributed by atoms with Crippen molar-refractivity contribution in [3.63, 3.8) is 0 Å². The molecule has 0 saturated carbocycles. The van der Waals surface area contributed by atoms with Crippen LogP contribution in [-0.4, -0.2) is 54.4 Å². The van der Waals surface area contributed by atoms with Crippen molar-refractivity contribution in [1.29, 1.82) is 0 Å². The predicted octanol–water partition coefficient (Wildman–Crippen LogP) is 2.43. The second-order valence-corrected chi connectivity index (χ2v) is 8.01. The first-order valence-electron chi connectivity index (χ1n) is 9.44. The van der Waals surface area contributed by atoms with Crippen LogP contribution in [0.5, 0.6) is 5.75 Å². The molecule has 1 saturated heterocycles. The number of hydrogen-bond donors (Lipinski definition) is 3. The molecule has 1 heterocycles. The van der Waals surface area contributed by atoms with Gasteiger partial charge in [0.15, 0.2) is 5.78 Å². The van der Waals surface area contributed by atoms with Gasteiger partial charge >= 0.3 is 12.5 Å². The summed E-state index contributed by atoms with van der Waals surface area (Å²) in [4.78, 5) is 36.9. The van der Waals surface area contributed by atoms with Crippen LogP contribution in [0.15, 0.2) is 18.2 Å². The number of alkyl halides is 3. The summed E-state index contributed by atoms with van der Waals surface area (Å²) in [6.45, 7) is 5.43. The Labute approximate surface area is 177 Å². The molecule has 172 valence electrons. The smallest absolute Gasteiger partial charge is 0.444 e. The fourth-order valence-corrected chi connectivity index (χ4v) is 2.89. The number of nitrogens with one attached hydrogen (secondary N) is 2. The van der Waals surface area contributed by atoms with Gasteiger partial charge < -0.3 is 14.8 Å². The van der Waals surface area contributed by atoms with Gasteiger partial charge in [-0.15, -0.1) is 13.2 Å². The third kappa shape index (κ3) is 8.06. The lowest BCUT2D eigenvalue weighted by Gasteiger charge is -2.20. The van der Waals surface area contributed by atoms with Crippen molar-refractivity contribution in [3.8, 4) is 5.75 Å². The highest BCUT2D eigenvalue weighted by atomic mass is 19.4. The number of anilines is 1. The highest BCUT2D eigenvalue weighted by Crippen LogP contribution is 2.28. The zero-order valence-corrected chi connectivity index (χ0v) is 17.3. The van der Waals surface area contributed by atoms with E-state index in [1.54, 1.807) is 20.8 Å². The highest BCUT2D eigenvalue weighted by molar-refractivity contribution is 6.04. The average Bonchev–Trinajstić information content (AvgIpc) is 3.04. The lowest BCUT2D eigenvalue weighted by molar-refractivity contribution is -0.274. The van der Waals surface area contributed by atoms with Crippen LogP contribution in [-0.2, 0) is 9.53 Å². The molecule has 0 spiro atoms. The number of amides is 2. The molecule has 4 N–H and O–H groups in total. The molecule has 1 unspecified atom stereocenters. The molecule has 1 aliphatic heterocycles. The van der Waals surface area contributed by atoms with Gasteiger partial charge in [0.05, 0.1) is 17.8 Å². The molecule has 31 heavy (non-hydrogen) atoms. The molecule has 1 aromatic rings. The van der Waals surface area contributed by atoms with Gasteiger partial charge in [-0.3, -0.25) is 20.7 Å². The zero-order valence-electron chi connectivity index (χ0n) is 17.3. The van der Waals surface area contributed by atoms with Gasteiger partial charge in [0.25, 0.3) is 5.91 Å². The minimum absolute atomic E-state index is 0.109. The van der Waals surface area contributed by atoms with Crippen LogP contribution in [0.2, 0.25) is 0 Å². The number of ketones is 1. The van der Waals surface area contributed by atoms with Crippen LogP contribution >= 0.6 is 0 Å². The number of nitrogens with zero attached hydrogens (tertiary/aromatic N) is 1. The zero-order chi connectivity index (χ0) is 23.4. The van der Waals surface area contributed by atoms with Gasteiger partial charge in [-0.05, 0) is 45.4 Å². The maximum atomic E-state index is 12.6. The summed E-state index contributed by atoms with van der Waals surface area (Å²) in [6.07, 6.45) is -5.33. The molecule has 2 amide bonds. The predicted molar refractivity (Wildman–Crippen MR) is 104 cm³/mol. The van der Waals surface area contributed by atoms with E-state index in [0.717, 1.165) is 18.2 Å². The van der Waals surface area contributed by atoms with Crippen LogP contribution in [0.1, 0.15) is 37.6 Å². The van der Waals surface area contributed by atoms with Gasteiger partial charge in [0.2, 0.25) is 0 Å². The van der Waals surface area contributed by atoms with Gasteiger partial charge in [-0.25, -0.2) is 9.80 Å². The van der Waals surface area contributed by atoms with E-state index in [9.17, 15) is 27.6 Å². The summed E-state index contributed by atoms with van der Waals surface area (Å²) in [7, 11) is 0. The van der Waals surface area contributed by atoms with Gasteiger partial charge in [-0.1, -0.05) is 0 Å². The minimum Gasteiger partial charge on any atom is -0.444 e. The minimum atomic E-state index is -4.97. The van der Waals surface area contributed by atoms with Crippen LogP contribution in [0.4, 0.5) is 23.7 Å². The molecule has 1 atom stereocenters.